The van der Waals surface area contributed by atoms with Gasteiger partial charge in [-0.25, -0.2) is 14.2 Å². The number of hydrogen-bond acceptors (Lipinski definition) is 15. The van der Waals surface area contributed by atoms with Gasteiger partial charge in [0.15, 0.2) is 5.96 Å². The molecule has 0 saturated carbocycles. The molecule has 4 aromatic rings. The van der Waals surface area contributed by atoms with Crippen LogP contribution in [-0.2, 0) is 49.6 Å². The van der Waals surface area contributed by atoms with E-state index in [1.165, 1.54) is 18.2 Å². The minimum absolute atomic E-state index is 0.0249. The van der Waals surface area contributed by atoms with Crippen molar-refractivity contribution in [3.63, 3.8) is 0 Å². The van der Waals surface area contributed by atoms with E-state index in [-0.39, 0.29) is 138 Å². The second-order valence-corrected chi connectivity index (χ2v) is 27.7. The van der Waals surface area contributed by atoms with Crippen molar-refractivity contribution in [2.24, 2.45) is 28.3 Å². The molecule has 4 aromatic carbocycles. The molecule has 2 aliphatic heterocycles. The standard InChI is InChI=1S/C71H87F5N8O15S/c1-82(2)50-23-26-56-62(41-50)99-63-42-51(83(3)4)24-27-57(63)65(56)55-25-22-48(38-58(55)69(92)93)67(90)79-29-9-8-20-59(70(94)95)81-68(91)49(40-64(88)89)39-60(87)47(17-11-30-80-71(77)78)37-52(85)28-33-97-35-34-96-32-13-18-53(86)43-84-31-12-21-61(66(84)46-15-6-5-7-16-46)98-44-45-14-10-19-54(36-45)100(72,73,74,75)76/h5-7,10,14-16,19,22-27,36,38,41-42,47,49,59,61,66H,8-9,11-13,17-18,20-21,28-35,37,39-40,43-44H2,1-4H3,(H8-,77,78,79,80,81,88,89,90,91,92,93,94,95)/p+1/t47?,49-,59+,61-,66-/m0/s1. The van der Waals surface area contributed by atoms with Crippen molar-refractivity contribution in [3.8, 4) is 22.5 Å². The number of guanidine groups is 1. The van der Waals surface area contributed by atoms with E-state index in [9.17, 15) is 73.1 Å². The number of amides is 2. The molecule has 0 aromatic heterocycles. The van der Waals surface area contributed by atoms with Crippen molar-refractivity contribution in [2.45, 2.75) is 113 Å². The highest BCUT2D eigenvalue weighted by Crippen LogP contribution is 3.02. The Hall–Kier alpha value is -9.16. The molecular weight excluding hydrogens is 1330 g/mol. The molecule has 100 heavy (non-hydrogen) atoms. The topological polar surface area (TPSA) is 336 Å². The van der Waals surface area contributed by atoms with Gasteiger partial charge < -0.3 is 60.9 Å². The molecule has 0 bridgehead atoms. The van der Waals surface area contributed by atoms with Crippen molar-refractivity contribution in [2.75, 3.05) is 85.7 Å². The molecule has 23 nitrogen and oxygen atoms in total. The van der Waals surface area contributed by atoms with Gasteiger partial charge in [-0.2, -0.15) is 0 Å². The van der Waals surface area contributed by atoms with Gasteiger partial charge in [0.1, 0.15) is 53.7 Å². The molecule has 9 N–H and O–H groups in total. The summed E-state index contributed by atoms with van der Waals surface area (Å²) in [5.74, 6) is -9.09. The van der Waals surface area contributed by atoms with Crippen LogP contribution < -0.4 is 36.9 Å². The van der Waals surface area contributed by atoms with E-state index in [1.54, 1.807) is 6.07 Å². The number of likely N-dealkylation sites (tertiary alicyclic amines) is 1. The number of ether oxygens (including phenoxy) is 3. The summed E-state index contributed by atoms with van der Waals surface area (Å²) in [4.78, 5) is 111. The molecule has 2 heterocycles. The summed E-state index contributed by atoms with van der Waals surface area (Å²) < 4.78 is 93.5. The van der Waals surface area contributed by atoms with Gasteiger partial charge in [-0.1, -0.05) is 68.0 Å². The predicted molar refractivity (Wildman–Crippen MR) is 368 cm³/mol. The third kappa shape index (κ3) is 23.2. The molecule has 1 fully saturated rings. The molecule has 29 heteroatoms. The lowest BCUT2D eigenvalue weighted by Gasteiger charge is -2.41. The lowest BCUT2D eigenvalue weighted by Crippen LogP contribution is -2.45. The van der Waals surface area contributed by atoms with Gasteiger partial charge in [0.2, 0.25) is 11.3 Å². The second-order valence-electron chi connectivity index (χ2n) is 25.2. The van der Waals surface area contributed by atoms with Crippen molar-refractivity contribution in [1.29, 1.82) is 0 Å². The average molecular weight is 1420 g/mol. The molecule has 2 amide bonds. The number of Topliss-reactive ketones (excluding diaryl/α,β-unsaturated/α-hetero) is 3. The van der Waals surface area contributed by atoms with Gasteiger partial charge in [-0.3, -0.25) is 38.7 Å². The third-order valence-corrected chi connectivity index (χ3v) is 18.3. The first kappa shape index (κ1) is 78.2. The number of carbonyl (C=O) groups is 8. The number of unbranched alkanes of at least 4 members (excludes halogenated alkanes) is 1. The van der Waals surface area contributed by atoms with E-state index in [1.807, 2.05) is 109 Å². The molecule has 1 saturated heterocycles. The van der Waals surface area contributed by atoms with Gasteiger partial charge in [0, 0.05) is 105 Å². The number of nitrogens with two attached hydrogens (primary N) is 2. The Morgan fingerprint density at radius 2 is 1.48 bits per heavy atom. The minimum atomic E-state index is -9.91. The number of nitrogens with one attached hydrogen (secondary N) is 2. The van der Waals surface area contributed by atoms with Crippen LogP contribution in [0.4, 0.5) is 25.1 Å². The van der Waals surface area contributed by atoms with Crippen LogP contribution in [0.25, 0.3) is 33.4 Å². The van der Waals surface area contributed by atoms with E-state index in [2.05, 4.69) is 15.6 Å². The molecule has 542 valence electrons. The van der Waals surface area contributed by atoms with Crippen LogP contribution in [0.3, 0.4) is 0 Å². The summed E-state index contributed by atoms with van der Waals surface area (Å²) in [7, 11) is -2.36. The van der Waals surface area contributed by atoms with Crippen molar-refractivity contribution in [3.05, 3.63) is 137 Å². The molecular formula is C71H88F5N8O15S+. The largest absolute Gasteiger partial charge is 0.481 e. The van der Waals surface area contributed by atoms with Crippen LogP contribution in [0, 0.1) is 11.8 Å². The highest BCUT2D eigenvalue weighted by Gasteiger charge is 2.65. The van der Waals surface area contributed by atoms with Crippen LogP contribution in [0.2, 0.25) is 0 Å². The van der Waals surface area contributed by atoms with Crippen LogP contribution in [-0.4, -0.2) is 166 Å². The molecule has 0 spiro atoms. The first-order chi connectivity index (χ1) is 47.3. The number of ketones is 3. The maximum atomic E-state index is 13.9. The van der Waals surface area contributed by atoms with Crippen LogP contribution in [0.5, 0.6) is 0 Å². The van der Waals surface area contributed by atoms with Crippen LogP contribution >= 0.6 is 10.2 Å². The SMILES string of the molecule is CN(C)c1ccc2c(-c3ccc(C(=O)NCCCC[C@@H](NC(=O)[C@H](CC(=O)O)CC(=O)C(CCCN=C(N)N)CC(=O)CCOCCOCCCC(=O)CN4CCC[C@H](OCc5cccc(S(F)(F)(F)(F)F)c5)[C@@H]4c4ccccc4)C(=O)O)cc3C(=O)O)c3ccc(=[N+](C)C)cc-3oc2c1. The van der Waals surface area contributed by atoms with E-state index < -0.39 is 93.5 Å². The van der Waals surface area contributed by atoms with E-state index in [0.29, 0.717) is 71.4 Å². The molecule has 3 aliphatic rings. The Bertz CT molecular complexity index is 3980. The number of carboxylic acids is 3. The summed E-state index contributed by atoms with van der Waals surface area (Å²) in [5, 5.41) is 37.1. The maximum Gasteiger partial charge on any atom is 0.336 e. The number of aromatic carboxylic acids is 1. The molecule has 0 radical (unpaired) electrons. The zero-order valence-electron chi connectivity index (χ0n) is 56.3. The van der Waals surface area contributed by atoms with Gasteiger partial charge in [0.25, 0.3) is 5.91 Å². The number of carboxylic acid groups (broad SMARTS) is 3. The maximum absolute atomic E-state index is 13.9. The number of piperidine rings is 1. The van der Waals surface area contributed by atoms with Crippen molar-refractivity contribution in [1.82, 2.24) is 20.1 Å². The summed E-state index contributed by atoms with van der Waals surface area (Å²) in [6.45, 7) is 0.673. The summed E-state index contributed by atoms with van der Waals surface area (Å²) in [5.41, 5.74) is 14.6. The number of aliphatic imine (C=N–C) groups is 1. The first-order valence-electron chi connectivity index (χ1n) is 32.9. The van der Waals surface area contributed by atoms with Crippen LogP contribution in [0.1, 0.15) is 121 Å². The fourth-order valence-electron chi connectivity index (χ4n) is 12.0. The Morgan fingerprint density at radius 1 is 0.750 bits per heavy atom. The molecule has 7 rings (SSSR count). The fourth-order valence-corrected chi connectivity index (χ4v) is 12.7. The van der Waals surface area contributed by atoms with Gasteiger partial charge in [-0.05, 0) is 117 Å². The van der Waals surface area contributed by atoms with Gasteiger partial charge in [-0.15, -0.1) is 0 Å². The Balaban J connectivity index is 0.852. The average Bonchev–Trinajstić information content (AvgIpc) is 0.739. The second kappa shape index (κ2) is 34.8. The number of halogens is 5. The number of aliphatic carboxylic acids is 2. The summed E-state index contributed by atoms with van der Waals surface area (Å²) >= 11 is 0. The van der Waals surface area contributed by atoms with Crippen molar-refractivity contribution >= 4 is 79.9 Å². The quantitative estimate of drug-likeness (QED) is 0.00469. The number of hydrogen-bond donors (Lipinski definition) is 7. The Morgan fingerprint density at radius 3 is 2.16 bits per heavy atom. The molecule has 1 unspecified atom stereocenters. The highest BCUT2D eigenvalue weighted by atomic mass is 32.5. The Kier molecular flexibility index (Phi) is 27.2. The van der Waals surface area contributed by atoms with Gasteiger partial charge >= 0.3 is 28.1 Å². The number of benzene rings is 5. The third-order valence-electron chi connectivity index (χ3n) is 17.1. The lowest BCUT2D eigenvalue weighted by atomic mass is 9.85. The van der Waals surface area contributed by atoms with E-state index in [0.717, 1.165) is 22.7 Å². The summed E-state index contributed by atoms with van der Waals surface area (Å²) in [6.07, 6.45) is -0.315. The number of carbonyl (C=O) groups excluding carboxylic acids is 5. The Labute approximate surface area is 575 Å². The highest BCUT2D eigenvalue weighted by molar-refractivity contribution is 8.45. The number of rotatable bonds is 40. The first-order valence-corrected chi connectivity index (χ1v) is 34.8. The number of nitrogens with zero attached hydrogens (tertiary/aromatic N) is 4. The zero-order chi connectivity index (χ0) is 73.0. The lowest BCUT2D eigenvalue weighted by molar-refractivity contribution is -0.145. The fraction of sp³-hybridized carbons (Fsp3) is 0.437. The number of fused-ring (bicyclic) bond motifs is 2. The smallest absolute Gasteiger partial charge is 0.336 e. The van der Waals surface area contributed by atoms with Gasteiger partial charge in [0.05, 0.1) is 69.1 Å². The van der Waals surface area contributed by atoms with Crippen LogP contribution in [0.15, 0.2) is 123 Å². The zero-order valence-corrected chi connectivity index (χ0v) is 57.1. The molecule has 5 atom stereocenters. The summed E-state index contributed by atoms with van der Waals surface area (Å²) in [6, 6.07) is 25.7. The van der Waals surface area contributed by atoms with E-state index >= 15 is 0 Å². The normalized spacial score (nSPS) is 15.7. The van der Waals surface area contributed by atoms with E-state index in [4.69, 9.17) is 30.1 Å². The number of anilines is 1. The molecule has 1 aliphatic carbocycles. The monoisotopic (exact) mass is 1420 g/mol. The minimum Gasteiger partial charge on any atom is -0.481 e. The predicted octanol–water partition coefficient (Wildman–Crippen LogP) is 10.0. The van der Waals surface area contributed by atoms with Crippen molar-refractivity contribution < 1.29 is 91.7 Å².